The number of nitrogens with one attached hydrogen (secondary N) is 1. The molecular formula is C22H27N9O7S2. The molecule has 18 heteroatoms. The lowest BCUT2D eigenvalue weighted by atomic mass is 9.97. The van der Waals surface area contributed by atoms with E-state index in [9.17, 15) is 19.2 Å². The summed E-state index contributed by atoms with van der Waals surface area (Å²) in [5.41, 5.74) is 5.34. The third kappa shape index (κ3) is 6.06. The summed E-state index contributed by atoms with van der Waals surface area (Å²) < 4.78 is 10.3. The largest absolute Gasteiger partial charge is 0.427 e. The van der Waals surface area contributed by atoms with E-state index in [4.69, 9.17) is 20.0 Å². The summed E-state index contributed by atoms with van der Waals surface area (Å²) in [6.07, 6.45) is 0. The molecule has 2 aromatic rings. The zero-order chi connectivity index (χ0) is 29.2. The molecule has 16 nitrogen and oxygen atoms in total. The molecule has 3 atom stereocenters. The van der Waals surface area contributed by atoms with Crippen LogP contribution in [0.5, 0.6) is 0 Å². The molecule has 0 radical (unpaired) electrons. The highest BCUT2D eigenvalue weighted by Crippen LogP contribution is 2.40. The lowest BCUT2D eigenvalue weighted by Gasteiger charge is -2.51. The average molecular weight is 594 g/mol. The Labute approximate surface area is 236 Å². The number of esters is 2. The summed E-state index contributed by atoms with van der Waals surface area (Å²) >= 11 is 2.33. The molecular weight excluding hydrogens is 566 g/mol. The van der Waals surface area contributed by atoms with Gasteiger partial charge in [-0.15, -0.1) is 33.3 Å². The number of carbonyl (C=O) groups excluding carboxylic acids is 4. The first-order valence-electron chi connectivity index (χ1n) is 11.8. The Morgan fingerprint density at radius 2 is 2.00 bits per heavy atom. The first-order valence-corrected chi connectivity index (χ1v) is 13.6. The third-order valence-electron chi connectivity index (χ3n) is 5.62. The second-order valence-corrected chi connectivity index (χ2v) is 11.5. The van der Waals surface area contributed by atoms with Crippen molar-refractivity contribution >= 4 is 57.7 Å². The number of nitrogens with two attached hydrogens (primary N) is 1. The highest BCUT2D eigenvalue weighted by Gasteiger charge is 2.56. The van der Waals surface area contributed by atoms with Crippen LogP contribution < -0.4 is 11.1 Å². The van der Waals surface area contributed by atoms with E-state index in [2.05, 4.69) is 30.9 Å². The second kappa shape index (κ2) is 11.6. The fourth-order valence-electron chi connectivity index (χ4n) is 3.72. The Hall–Kier alpha value is -4.06. The number of thioether (sulfide) groups is 1. The number of aromatic nitrogens is 5. The fourth-order valence-corrected chi connectivity index (χ4v) is 5.48. The number of ether oxygens (including phenoxy) is 2. The van der Waals surface area contributed by atoms with Gasteiger partial charge in [-0.2, -0.15) is 4.80 Å². The maximum atomic E-state index is 13.3. The Morgan fingerprint density at radius 1 is 1.25 bits per heavy atom. The van der Waals surface area contributed by atoms with E-state index in [0.717, 1.165) is 11.3 Å². The third-order valence-corrected chi connectivity index (χ3v) is 7.51. The van der Waals surface area contributed by atoms with E-state index in [0.29, 0.717) is 11.4 Å². The standard InChI is InChI=1S/C22H27N9O7S2/c1-10-26-29-30(27-10)6-11-7-39-18-14(25-16(32)13(28-36-5)12-8-40-21(23)24-12)17(33)31(18)15(11)19(34)37-9-38-20(35)22(2,3)4/h7-8,14-15,18H,6,9H2,1-5H3,(H2,23,24)(H,25,32)/b28-13+. The van der Waals surface area contributed by atoms with Gasteiger partial charge in [-0.25, -0.2) is 9.78 Å². The minimum absolute atomic E-state index is 0.0405. The maximum absolute atomic E-state index is 13.3. The molecule has 3 unspecified atom stereocenters. The number of carbonyl (C=O) groups is 4. The number of thiazole rings is 1. The minimum Gasteiger partial charge on any atom is -0.427 e. The lowest BCUT2D eigenvalue weighted by Crippen LogP contribution is -2.74. The molecule has 2 aliphatic heterocycles. The van der Waals surface area contributed by atoms with Crippen molar-refractivity contribution in [1.82, 2.24) is 35.4 Å². The van der Waals surface area contributed by atoms with Crippen LogP contribution in [0.4, 0.5) is 5.13 Å². The van der Waals surface area contributed by atoms with Crippen molar-refractivity contribution in [1.29, 1.82) is 0 Å². The fraction of sp³-hybridized carbons (Fsp3) is 0.500. The van der Waals surface area contributed by atoms with Gasteiger partial charge in [-0.05, 0) is 43.9 Å². The maximum Gasteiger partial charge on any atom is 0.336 e. The van der Waals surface area contributed by atoms with Gasteiger partial charge in [0.05, 0.1) is 12.0 Å². The molecule has 2 amide bonds. The average Bonchev–Trinajstić information content (AvgIpc) is 3.51. The number of tetrazole rings is 1. The number of rotatable bonds is 9. The monoisotopic (exact) mass is 593 g/mol. The summed E-state index contributed by atoms with van der Waals surface area (Å²) in [6.45, 7) is 6.05. The molecule has 214 valence electrons. The van der Waals surface area contributed by atoms with Crippen LogP contribution in [0.25, 0.3) is 0 Å². The van der Waals surface area contributed by atoms with Gasteiger partial charge in [-0.1, -0.05) is 5.16 Å². The Kier molecular flexibility index (Phi) is 8.38. The van der Waals surface area contributed by atoms with Crippen LogP contribution in [0, 0.1) is 12.3 Å². The number of nitrogens with zero attached hydrogens (tertiary/aromatic N) is 7. The van der Waals surface area contributed by atoms with Gasteiger partial charge in [-0.3, -0.25) is 14.4 Å². The highest BCUT2D eigenvalue weighted by atomic mass is 32.2. The normalized spacial score (nSPS) is 20.7. The van der Waals surface area contributed by atoms with E-state index >= 15 is 0 Å². The van der Waals surface area contributed by atoms with Crippen molar-refractivity contribution in [3.8, 4) is 0 Å². The number of hydrogen-bond acceptors (Lipinski definition) is 15. The van der Waals surface area contributed by atoms with Crippen molar-refractivity contribution in [2.75, 3.05) is 19.6 Å². The molecule has 4 rings (SSSR count). The van der Waals surface area contributed by atoms with Crippen LogP contribution in [0.2, 0.25) is 0 Å². The van der Waals surface area contributed by atoms with Gasteiger partial charge >= 0.3 is 11.9 Å². The zero-order valence-corrected chi connectivity index (χ0v) is 23.8. The summed E-state index contributed by atoms with van der Waals surface area (Å²) in [5.74, 6) is -2.21. The smallest absolute Gasteiger partial charge is 0.336 e. The number of nitrogen functional groups attached to an aromatic ring is 1. The quantitative estimate of drug-likeness (QED) is 0.127. The molecule has 0 bridgehead atoms. The summed E-state index contributed by atoms with van der Waals surface area (Å²) in [5, 5.41) is 21.0. The predicted molar refractivity (Wildman–Crippen MR) is 141 cm³/mol. The SMILES string of the molecule is CO/N=C(/C(=O)NC1C(=O)N2C(C(=O)OCOC(=O)C(C)(C)C)C(Cn3nnc(C)n3)=CSC12)c1csc(N)n1. The van der Waals surface area contributed by atoms with Crippen LogP contribution in [0.3, 0.4) is 0 Å². The van der Waals surface area contributed by atoms with Gasteiger partial charge in [0.1, 0.15) is 24.2 Å². The predicted octanol–water partition coefficient (Wildman–Crippen LogP) is -0.187. The Morgan fingerprint density at radius 3 is 2.60 bits per heavy atom. The molecule has 2 aromatic heterocycles. The zero-order valence-electron chi connectivity index (χ0n) is 22.2. The molecule has 0 aliphatic carbocycles. The van der Waals surface area contributed by atoms with Crippen molar-refractivity contribution in [2.45, 2.75) is 51.7 Å². The van der Waals surface area contributed by atoms with Crippen molar-refractivity contribution in [3.63, 3.8) is 0 Å². The summed E-state index contributed by atoms with van der Waals surface area (Å²) in [4.78, 5) is 63.0. The second-order valence-electron chi connectivity index (χ2n) is 9.64. The van der Waals surface area contributed by atoms with Crippen molar-refractivity contribution in [3.05, 3.63) is 27.9 Å². The first-order chi connectivity index (χ1) is 18.9. The van der Waals surface area contributed by atoms with Crippen LogP contribution >= 0.6 is 23.1 Å². The number of oxime groups is 1. The molecule has 1 saturated heterocycles. The van der Waals surface area contributed by atoms with Crippen LogP contribution in [-0.4, -0.2) is 90.9 Å². The van der Waals surface area contributed by atoms with Gasteiger partial charge in [0.25, 0.3) is 5.91 Å². The van der Waals surface area contributed by atoms with Crippen LogP contribution in [0.15, 0.2) is 21.5 Å². The number of fused-ring (bicyclic) bond motifs is 1. The van der Waals surface area contributed by atoms with E-state index in [1.807, 2.05) is 0 Å². The molecule has 3 N–H and O–H groups in total. The highest BCUT2D eigenvalue weighted by molar-refractivity contribution is 8.02. The number of aryl methyl sites for hydroxylation is 1. The van der Waals surface area contributed by atoms with Gasteiger partial charge < -0.3 is 30.3 Å². The van der Waals surface area contributed by atoms with E-state index in [1.54, 1.807) is 33.1 Å². The van der Waals surface area contributed by atoms with Crippen LogP contribution in [-0.2, 0) is 40.0 Å². The molecule has 4 heterocycles. The first kappa shape index (κ1) is 28.9. The van der Waals surface area contributed by atoms with E-state index < -0.39 is 53.4 Å². The number of hydrogen-bond donors (Lipinski definition) is 2. The van der Waals surface area contributed by atoms with Gasteiger partial charge in [0.15, 0.2) is 22.7 Å². The topological polar surface area (TPSA) is 206 Å². The van der Waals surface area contributed by atoms with E-state index in [-0.39, 0.29) is 23.1 Å². The molecule has 0 saturated carbocycles. The Bertz CT molecular complexity index is 1380. The molecule has 2 aliphatic rings. The van der Waals surface area contributed by atoms with Gasteiger partial charge in [0.2, 0.25) is 12.7 Å². The summed E-state index contributed by atoms with van der Waals surface area (Å²) in [7, 11) is 1.27. The van der Waals surface area contributed by atoms with E-state index in [1.165, 1.54) is 33.9 Å². The number of anilines is 1. The van der Waals surface area contributed by atoms with Crippen molar-refractivity contribution in [2.24, 2.45) is 10.6 Å². The van der Waals surface area contributed by atoms with Gasteiger partial charge in [0, 0.05) is 5.38 Å². The van der Waals surface area contributed by atoms with Crippen LogP contribution in [0.1, 0.15) is 32.3 Å². The molecule has 0 aromatic carbocycles. The lowest BCUT2D eigenvalue weighted by molar-refractivity contribution is -0.179. The number of β-lactam (4-membered cyclic amide) rings is 1. The number of amides is 2. The Balaban J connectivity index is 1.52. The molecule has 40 heavy (non-hydrogen) atoms. The van der Waals surface area contributed by atoms with Crippen molar-refractivity contribution < 1.29 is 33.5 Å². The molecule has 0 spiro atoms. The summed E-state index contributed by atoms with van der Waals surface area (Å²) in [6, 6.07) is -2.17. The molecule has 1 fully saturated rings. The minimum atomic E-state index is -1.18.